The third kappa shape index (κ3) is 19.7. The molecule has 0 heterocycles. The summed E-state index contributed by atoms with van der Waals surface area (Å²) in [6.07, 6.45) is 0.342. The minimum atomic E-state index is 0.342. The van der Waals surface area contributed by atoms with Crippen molar-refractivity contribution in [3.63, 3.8) is 0 Å². The number of likely N-dealkylation sites (N-methyl/N-ethyl adjacent to an activating group) is 2. The van der Waals surface area contributed by atoms with Gasteiger partial charge < -0.3 is 14.5 Å². The highest BCUT2D eigenvalue weighted by Crippen LogP contribution is 1.96. The van der Waals surface area contributed by atoms with Crippen molar-refractivity contribution in [1.29, 1.82) is 0 Å². The van der Waals surface area contributed by atoms with Crippen molar-refractivity contribution >= 4 is 45.2 Å². The second-order valence-corrected chi connectivity index (χ2v) is 3.97. The Balaban J connectivity index is -0.000000506. The third-order valence-corrected chi connectivity index (χ3v) is 2.35. The van der Waals surface area contributed by atoms with Crippen LogP contribution in [0.3, 0.4) is 0 Å². The lowest BCUT2D eigenvalue weighted by atomic mass is 10.3. The SMILES string of the molecule is CCN(CC)CC(C)OCCN(C)C.CI.CI. The first-order valence-electron chi connectivity index (χ1n) is 6.34. The van der Waals surface area contributed by atoms with Crippen molar-refractivity contribution in [2.75, 3.05) is 56.7 Å². The molecule has 0 aromatic heterocycles. The van der Waals surface area contributed by atoms with E-state index in [1.807, 2.05) is 9.86 Å². The van der Waals surface area contributed by atoms with Gasteiger partial charge in [-0.05, 0) is 44.0 Å². The lowest BCUT2D eigenvalue weighted by molar-refractivity contribution is 0.0327. The van der Waals surface area contributed by atoms with Crippen LogP contribution in [-0.4, -0.2) is 72.6 Å². The van der Waals surface area contributed by atoms with E-state index in [-0.39, 0.29) is 0 Å². The molecular weight excluding hydrogens is 454 g/mol. The van der Waals surface area contributed by atoms with Crippen LogP contribution in [0.2, 0.25) is 0 Å². The van der Waals surface area contributed by atoms with Gasteiger partial charge in [0.25, 0.3) is 0 Å². The summed E-state index contributed by atoms with van der Waals surface area (Å²) in [5, 5.41) is 0. The predicted molar refractivity (Wildman–Crippen MR) is 102 cm³/mol. The predicted octanol–water partition coefficient (Wildman–Crippen LogP) is 3.40. The lowest BCUT2D eigenvalue weighted by Crippen LogP contribution is -2.33. The first-order valence-corrected chi connectivity index (χ1v) is 10.7. The fourth-order valence-corrected chi connectivity index (χ4v) is 1.33. The molecular formula is C13H32I2N2O. The Morgan fingerprint density at radius 2 is 1.44 bits per heavy atom. The molecule has 0 radical (unpaired) electrons. The Kier molecular flexibility index (Phi) is 28.0. The van der Waals surface area contributed by atoms with Gasteiger partial charge in [-0.2, -0.15) is 0 Å². The second kappa shape index (κ2) is 20.7. The zero-order chi connectivity index (χ0) is 15.0. The minimum Gasteiger partial charge on any atom is -0.376 e. The van der Waals surface area contributed by atoms with E-state index in [4.69, 9.17) is 4.74 Å². The Hall–Kier alpha value is 1.34. The van der Waals surface area contributed by atoms with Gasteiger partial charge in [0.05, 0.1) is 12.7 Å². The first-order chi connectivity index (χ1) is 8.60. The average molecular weight is 486 g/mol. The molecule has 0 bridgehead atoms. The fraction of sp³-hybridized carbons (Fsp3) is 1.00. The zero-order valence-corrected chi connectivity index (χ0v) is 17.5. The molecule has 5 heteroatoms. The molecule has 0 N–H and O–H groups in total. The van der Waals surface area contributed by atoms with Crippen molar-refractivity contribution in [1.82, 2.24) is 9.80 Å². The van der Waals surface area contributed by atoms with Gasteiger partial charge in [0.2, 0.25) is 0 Å². The smallest absolute Gasteiger partial charge is 0.0674 e. The van der Waals surface area contributed by atoms with Gasteiger partial charge in [0.1, 0.15) is 0 Å². The zero-order valence-electron chi connectivity index (χ0n) is 13.2. The van der Waals surface area contributed by atoms with Crippen LogP contribution in [0.15, 0.2) is 0 Å². The number of rotatable bonds is 8. The van der Waals surface area contributed by atoms with Crippen LogP contribution in [0, 0.1) is 0 Å². The summed E-state index contributed by atoms with van der Waals surface area (Å²) >= 11 is 4.30. The summed E-state index contributed by atoms with van der Waals surface area (Å²) in [6.45, 7) is 11.6. The molecule has 114 valence electrons. The molecule has 0 fully saturated rings. The van der Waals surface area contributed by atoms with Gasteiger partial charge in [-0.1, -0.05) is 59.0 Å². The molecule has 0 aliphatic heterocycles. The monoisotopic (exact) mass is 486 g/mol. The highest BCUT2D eigenvalue weighted by Gasteiger charge is 2.06. The highest BCUT2D eigenvalue weighted by atomic mass is 127. The van der Waals surface area contributed by atoms with Crippen LogP contribution >= 0.6 is 45.2 Å². The van der Waals surface area contributed by atoms with Crippen LogP contribution in [-0.2, 0) is 4.74 Å². The van der Waals surface area contributed by atoms with E-state index in [0.29, 0.717) is 6.10 Å². The summed E-state index contributed by atoms with van der Waals surface area (Å²) < 4.78 is 5.70. The van der Waals surface area contributed by atoms with Gasteiger partial charge in [0.15, 0.2) is 0 Å². The van der Waals surface area contributed by atoms with E-state index < -0.39 is 0 Å². The molecule has 1 atom stereocenters. The Bertz CT molecular complexity index is 134. The van der Waals surface area contributed by atoms with Crippen molar-refractivity contribution < 1.29 is 4.74 Å². The van der Waals surface area contributed by atoms with Gasteiger partial charge in [-0.3, -0.25) is 0 Å². The maximum Gasteiger partial charge on any atom is 0.0674 e. The number of hydrogen-bond donors (Lipinski definition) is 0. The molecule has 0 rings (SSSR count). The minimum absolute atomic E-state index is 0.342. The Morgan fingerprint density at radius 1 is 1.00 bits per heavy atom. The molecule has 0 aliphatic rings. The van der Waals surface area contributed by atoms with E-state index >= 15 is 0 Å². The van der Waals surface area contributed by atoms with Crippen LogP contribution in [0.5, 0.6) is 0 Å². The summed E-state index contributed by atoms with van der Waals surface area (Å²) in [7, 11) is 4.14. The van der Waals surface area contributed by atoms with E-state index in [0.717, 1.165) is 32.8 Å². The maximum atomic E-state index is 5.70. The molecule has 0 saturated heterocycles. The van der Waals surface area contributed by atoms with Crippen molar-refractivity contribution in [2.24, 2.45) is 0 Å². The highest BCUT2D eigenvalue weighted by molar-refractivity contribution is 14.1. The van der Waals surface area contributed by atoms with E-state index in [2.05, 4.69) is 89.8 Å². The van der Waals surface area contributed by atoms with Crippen LogP contribution < -0.4 is 0 Å². The van der Waals surface area contributed by atoms with Crippen LogP contribution in [0.1, 0.15) is 20.8 Å². The molecule has 0 aliphatic carbocycles. The van der Waals surface area contributed by atoms with E-state index in [1.54, 1.807) is 0 Å². The summed E-state index contributed by atoms with van der Waals surface area (Å²) in [5.74, 6) is 0. The van der Waals surface area contributed by atoms with Crippen LogP contribution in [0.4, 0.5) is 0 Å². The first kappa shape index (κ1) is 24.4. The van der Waals surface area contributed by atoms with Crippen molar-refractivity contribution in [2.45, 2.75) is 26.9 Å². The molecule has 18 heavy (non-hydrogen) atoms. The van der Waals surface area contributed by atoms with Gasteiger partial charge in [-0.25, -0.2) is 0 Å². The quantitative estimate of drug-likeness (QED) is 0.387. The summed E-state index contributed by atoms with van der Waals surface area (Å²) in [5.41, 5.74) is 0. The molecule has 0 aromatic rings. The van der Waals surface area contributed by atoms with Gasteiger partial charge in [-0.15, -0.1) is 0 Å². The molecule has 0 saturated carbocycles. The fourth-order valence-electron chi connectivity index (χ4n) is 1.33. The molecule has 0 amide bonds. The topological polar surface area (TPSA) is 15.7 Å². The van der Waals surface area contributed by atoms with Crippen molar-refractivity contribution in [3.8, 4) is 0 Å². The maximum absolute atomic E-state index is 5.70. The molecule has 0 aromatic carbocycles. The number of halogens is 2. The third-order valence-electron chi connectivity index (χ3n) is 2.35. The van der Waals surface area contributed by atoms with Crippen LogP contribution in [0.25, 0.3) is 0 Å². The number of ether oxygens (including phenoxy) is 1. The Morgan fingerprint density at radius 3 is 1.78 bits per heavy atom. The van der Waals surface area contributed by atoms with E-state index in [9.17, 15) is 0 Å². The second-order valence-electron chi connectivity index (χ2n) is 3.97. The normalized spacial score (nSPS) is 11.5. The Labute approximate surface area is 142 Å². The largest absolute Gasteiger partial charge is 0.376 e. The lowest BCUT2D eigenvalue weighted by Gasteiger charge is -2.23. The number of hydrogen-bond acceptors (Lipinski definition) is 3. The van der Waals surface area contributed by atoms with Crippen molar-refractivity contribution in [3.05, 3.63) is 0 Å². The number of nitrogens with zero attached hydrogens (tertiary/aromatic N) is 2. The van der Waals surface area contributed by atoms with Gasteiger partial charge in [0, 0.05) is 13.1 Å². The molecule has 0 spiro atoms. The standard InChI is InChI=1S/C11H26N2O.2CH3I/c1-6-13(7-2)10-11(3)14-9-8-12(4)5;2*1-2/h11H,6-10H2,1-5H3;2*1H3. The summed E-state index contributed by atoms with van der Waals surface area (Å²) in [6, 6.07) is 0. The molecule has 3 nitrogen and oxygen atoms in total. The van der Waals surface area contributed by atoms with E-state index in [1.165, 1.54) is 0 Å². The molecule has 1 unspecified atom stereocenters. The van der Waals surface area contributed by atoms with Gasteiger partial charge >= 0.3 is 0 Å². The average Bonchev–Trinajstić information content (AvgIpc) is 2.40. The number of alkyl halides is 2. The summed E-state index contributed by atoms with van der Waals surface area (Å²) in [4.78, 5) is 8.47.